The van der Waals surface area contributed by atoms with E-state index in [2.05, 4.69) is 31.2 Å². The Kier molecular flexibility index (Phi) is 5.87. The van der Waals surface area contributed by atoms with Crippen LogP contribution in [0.15, 0.2) is 30.3 Å². The highest BCUT2D eigenvalue weighted by atomic mass is 16.6. The summed E-state index contributed by atoms with van der Waals surface area (Å²) in [5.74, 6) is 2.59. The molecule has 1 aromatic carbocycles. The fourth-order valence-corrected chi connectivity index (χ4v) is 3.14. The number of rotatable bonds is 6. The van der Waals surface area contributed by atoms with Crippen molar-refractivity contribution in [2.75, 3.05) is 36.9 Å². The summed E-state index contributed by atoms with van der Waals surface area (Å²) in [5.41, 5.74) is 3.79. The largest absolute Gasteiger partial charge is 0.486 e. The van der Waals surface area contributed by atoms with E-state index in [9.17, 15) is 4.79 Å². The Labute approximate surface area is 180 Å². The van der Waals surface area contributed by atoms with E-state index in [1.165, 1.54) is 0 Å². The van der Waals surface area contributed by atoms with Gasteiger partial charge in [-0.1, -0.05) is 0 Å². The SMILES string of the molecule is Cc1nn(-c2ccc(NCCNC(=O)Nc3ccc4c(c3)OCCO4)nn2)c(C)c1C. The van der Waals surface area contributed by atoms with E-state index in [0.717, 1.165) is 17.0 Å². The van der Waals surface area contributed by atoms with Gasteiger partial charge in [0.25, 0.3) is 0 Å². The van der Waals surface area contributed by atoms with Gasteiger partial charge in [0, 0.05) is 30.5 Å². The van der Waals surface area contributed by atoms with E-state index in [1.807, 2.05) is 32.9 Å². The highest BCUT2D eigenvalue weighted by Gasteiger charge is 2.13. The molecule has 0 saturated heterocycles. The van der Waals surface area contributed by atoms with Crippen molar-refractivity contribution in [2.24, 2.45) is 0 Å². The minimum Gasteiger partial charge on any atom is -0.486 e. The maximum Gasteiger partial charge on any atom is 0.319 e. The Bertz CT molecular complexity index is 1080. The van der Waals surface area contributed by atoms with Crippen molar-refractivity contribution in [2.45, 2.75) is 20.8 Å². The molecule has 162 valence electrons. The van der Waals surface area contributed by atoms with Crippen LogP contribution in [0.25, 0.3) is 5.82 Å². The summed E-state index contributed by atoms with van der Waals surface area (Å²) in [5, 5.41) is 21.6. The lowest BCUT2D eigenvalue weighted by atomic mass is 10.2. The summed E-state index contributed by atoms with van der Waals surface area (Å²) in [4.78, 5) is 12.1. The predicted molar refractivity (Wildman–Crippen MR) is 116 cm³/mol. The lowest BCUT2D eigenvalue weighted by Gasteiger charge is -2.19. The molecule has 0 atom stereocenters. The summed E-state index contributed by atoms with van der Waals surface area (Å²) in [6.07, 6.45) is 0. The molecule has 3 heterocycles. The minimum absolute atomic E-state index is 0.306. The molecular weight excluding hydrogens is 398 g/mol. The zero-order valence-corrected chi connectivity index (χ0v) is 17.7. The molecule has 0 unspecified atom stereocenters. The summed E-state index contributed by atoms with van der Waals surface area (Å²) in [6.45, 7) is 7.96. The van der Waals surface area contributed by atoms with Crippen molar-refractivity contribution in [1.29, 1.82) is 0 Å². The molecule has 0 bridgehead atoms. The first-order valence-corrected chi connectivity index (χ1v) is 10.1. The molecule has 0 aliphatic carbocycles. The highest BCUT2D eigenvalue weighted by molar-refractivity contribution is 5.89. The minimum atomic E-state index is -0.306. The van der Waals surface area contributed by atoms with Crippen molar-refractivity contribution in [3.8, 4) is 17.3 Å². The Balaban J connectivity index is 1.23. The summed E-state index contributed by atoms with van der Waals surface area (Å²) in [6, 6.07) is 8.68. The summed E-state index contributed by atoms with van der Waals surface area (Å²) >= 11 is 0. The molecule has 0 saturated carbocycles. The molecule has 4 rings (SSSR count). The van der Waals surface area contributed by atoms with Gasteiger partial charge in [-0.3, -0.25) is 0 Å². The van der Waals surface area contributed by atoms with E-state index in [4.69, 9.17) is 9.47 Å². The van der Waals surface area contributed by atoms with Crippen LogP contribution in [0.5, 0.6) is 11.5 Å². The fraction of sp³-hybridized carbons (Fsp3) is 0.333. The first-order valence-electron chi connectivity index (χ1n) is 10.1. The number of aromatic nitrogens is 4. The van der Waals surface area contributed by atoms with Crippen LogP contribution in [0.3, 0.4) is 0 Å². The lowest BCUT2D eigenvalue weighted by molar-refractivity contribution is 0.171. The van der Waals surface area contributed by atoms with E-state index in [0.29, 0.717) is 55.1 Å². The van der Waals surface area contributed by atoms with Crippen LogP contribution in [0.1, 0.15) is 17.0 Å². The Morgan fingerprint density at radius 3 is 2.55 bits per heavy atom. The standard InChI is InChI=1S/C21H25N7O3/c1-13-14(2)27-28(15(13)3)20-7-6-19(25-26-20)22-8-9-23-21(29)24-16-4-5-17-18(12-16)31-11-10-30-17/h4-7,12H,8-11H2,1-3H3,(H,22,25)(H2,23,24,29). The van der Waals surface area contributed by atoms with Gasteiger partial charge in [-0.25, -0.2) is 9.48 Å². The van der Waals surface area contributed by atoms with Crippen LogP contribution in [0.4, 0.5) is 16.3 Å². The number of nitrogens with zero attached hydrogens (tertiary/aromatic N) is 4. The second-order valence-corrected chi connectivity index (χ2v) is 7.15. The number of nitrogens with one attached hydrogen (secondary N) is 3. The quantitative estimate of drug-likeness (QED) is 0.522. The number of amides is 2. The number of ether oxygens (including phenoxy) is 2. The number of carbonyl (C=O) groups is 1. The van der Waals surface area contributed by atoms with Crippen molar-refractivity contribution in [3.63, 3.8) is 0 Å². The van der Waals surface area contributed by atoms with Crippen molar-refractivity contribution < 1.29 is 14.3 Å². The van der Waals surface area contributed by atoms with Crippen LogP contribution in [0.2, 0.25) is 0 Å². The summed E-state index contributed by atoms with van der Waals surface area (Å²) < 4.78 is 12.8. The van der Waals surface area contributed by atoms with Crippen LogP contribution < -0.4 is 25.4 Å². The average Bonchev–Trinajstić information content (AvgIpc) is 3.04. The van der Waals surface area contributed by atoms with Crippen LogP contribution in [-0.2, 0) is 0 Å². The topological polar surface area (TPSA) is 115 Å². The average molecular weight is 423 g/mol. The molecular formula is C21H25N7O3. The molecule has 31 heavy (non-hydrogen) atoms. The lowest BCUT2D eigenvalue weighted by Crippen LogP contribution is -2.32. The van der Waals surface area contributed by atoms with E-state index in [-0.39, 0.29) is 6.03 Å². The third-order valence-corrected chi connectivity index (χ3v) is 5.04. The van der Waals surface area contributed by atoms with Gasteiger partial charge in [-0.05, 0) is 50.6 Å². The maximum absolute atomic E-state index is 12.1. The normalized spacial score (nSPS) is 12.4. The first-order chi connectivity index (χ1) is 15.0. The Hall–Kier alpha value is -3.82. The molecule has 10 nitrogen and oxygen atoms in total. The smallest absolute Gasteiger partial charge is 0.319 e. The molecule has 2 aromatic heterocycles. The van der Waals surface area contributed by atoms with E-state index < -0.39 is 0 Å². The molecule has 10 heteroatoms. The molecule has 0 fully saturated rings. The number of benzene rings is 1. The van der Waals surface area contributed by atoms with E-state index in [1.54, 1.807) is 22.9 Å². The van der Waals surface area contributed by atoms with Gasteiger partial charge in [0.05, 0.1) is 5.69 Å². The maximum atomic E-state index is 12.1. The number of fused-ring (bicyclic) bond motifs is 1. The monoisotopic (exact) mass is 423 g/mol. The van der Waals surface area contributed by atoms with Crippen molar-refractivity contribution >= 4 is 17.5 Å². The zero-order chi connectivity index (χ0) is 21.8. The molecule has 0 radical (unpaired) electrons. The number of anilines is 2. The molecule has 0 spiro atoms. The van der Waals surface area contributed by atoms with Crippen LogP contribution in [0, 0.1) is 20.8 Å². The number of aryl methyl sites for hydroxylation is 1. The molecule has 1 aliphatic rings. The van der Waals surface area contributed by atoms with Crippen molar-refractivity contribution in [3.05, 3.63) is 47.3 Å². The van der Waals surface area contributed by atoms with Gasteiger partial charge in [0.2, 0.25) is 0 Å². The third-order valence-electron chi connectivity index (χ3n) is 5.04. The van der Waals surface area contributed by atoms with Gasteiger partial charge in [-0.15, -0.1) is 10.2 Å². The molecule has 3 aromatic rings. The number of urea groups is 1. The van der Waals surface area contributed by atoms with Gasteiger partial charge in [0.15, 0.2) is 17.3 Å². The first kappa shape index (κ1) is 20.5. The predicted octanol–water partition coefficient (Wildman–Crippen LogP) is 2.59. The highest BCUT2D eigenvalue weighted by Crippen LogP contribution is 2.32. The zero-order valence-electron chi connectivity index (χ0n) is 17.7. The van der Waals surface area contributed by atoms with Gasteiger partial charge >= 0.3 is 6.03 Å². The third kappa shape index (κ3) is 4.68. The van der Waals surface area contributed by atoms with Crippen molar-refractivity contribution in [1.82, 2.24) is 25.3 Å². The molecule has 3 N–H and O–H groups in total. The van der Waals surface area contributed by atoms with Crippen LogP contribution in [-0.4, -0.2) is 52.3 Å². The second kappa shape index (κ2) is 8.90. The molecule has 1 aliphatic heterocycles. The Morgan fingerprint density at radius 2 is 1.84 bits per heavy atom. The fourth-order valence-electron chi connectivity index (χ4n) is 3.14. The number of hydrogen-bond donors (Lipinski definition) is 3. The summed E-state index contributed by atoms with van der Waals surface area (Å²) in [7, 11) is 0. The molecule has 2 amide bonds. The van der Waals surface area contributed by atoms with Crippen LogP contribution >= 0.6 is 0 Å². The van der Waals surface area contributed by atoms with E-state index >= 15 is 0 Å². The second-order valence-electron chi connectivity index (χ2n) is 7.15. The van der Waals surface area contributed by atoms with Gasteiger partial charge in [-0.2, -0.15) is 5.10 Å². The number of hydrogen-bond acceptors (Lipinski definition) is 7. The number of carbonyl (C=O) groups excluding carboxylic acids is 1. The Morgan fingerprint density at radius 1 is 1.03 bits per heavy atom. The van der Waals surface area contributed by atoms with Gasteiger partial charge < -0.3 is 25.4 Å². The van der Waals surface area contributed by atoms with Gasteiger partial charge in [0.1, 0.15) is 19.0 Å².